The molecule has 0 radical (unpaired) electrons. The molecule has 1 aliphatic heterocycles. The Labute approximate surface area is 206 Å². The number of nitrogens with zero attached hydrogens (tertiary/aromatic N) is 1. The maximum absolute atomic E-state index is 13.0. The third-order valence-corrected chi connectivity index (χ3v) is 7.29. The SMILES string of the molecule is CN1C(=O)/C(=C/c2ccccc2Cl)Sc2ccc(C(=O)NCCc3c[nH]c4ccccc34)cc21. The second-order valence-corrected chi connectivity index (χ2v) is 9.54. The van der Waals surface area contributed by atoms with E-state index in [0.29, 0.717) is 22.0 Å². The summed E-state index contributed by atoms with van der Waals surface area (Å²) in [7, 11) is 1.72. The van der Waals surface area contributed by atoms with Gasteiger partial charge in [0, 0.05) is 46.2 Å². The minimum atomic E-state index is -0.161. The molecule has 1 aliphatic rings. The lowest BCUT2D eigenvalue weighted by atomic mass is 10.1. The number of anilines is 1. The molecular formula is C27H22ClN3O2S. The fourth-order valence-electron chi connectivity index (χ4n) is 4.02. The van der Waals surface area contributed by atoms with Crippen LogP contribution in [-0.4, -0.2) is 30.4 Å². The van der Waals surface area contributed by atoms with Gasteiger partial charge in [-0.05, 0) is 54.0 Å². The number of carbonyl (C=O) groups is 2. The summed E-state index contributed by atoms with van der Waals surface area (Å²) in [6.07, 6.45) is 4.52. The predicted molar refractivity (Wildman–Crippen MR) is 139 cm³/mol. The Bertz CT molecular complexity index is 1440. The number of amides is 2. The van der Waals surface area contributed by atoms with Gasteiger partial charge in [0.25, 0.3) is 11.8 Å². The maximum Gasteiger partial charge on any atom is 0.264 e. The number of halogens is 1. The summed E-state index contributed by atoms with van der Waals surface area (Å²) in [6, 6.07) is 21.0. The fraction of sp³-hybridized carbons (Fsp3) is 0.111. The van der Waals surface area contributed by atoms with E-state index >= 15 is 0 Å². The first-order valence-electron chi connectivity index (χ1n) is 10.9. The van der Waals surface area contributed by atoms with Gasteiger partial charge in [0.15, 0.2) is 0 Å². The van der Waals surface area contributed by atoms with Crippen molar-refractivity contribution in [2.75, 3.05) is 18.5 Å². The first kappa shape index (κ1) is 22.3. The maximum atomic E-state index is 13.0. The van der Waals surface area contributed by atoms with E-state index in [1.807, 2.05) is 48.7 Å². The van der Waals surface area contributed by atoms with Gasteiger partial charge < -0.3 is 15.2 Å². The number of rotatable bonds is 5. The van der Waals surface area contributed by atoms with Crippen molar-refractivity contribution in [3.8, 4) is 0 Å². The number of fused-ring (bicyclic) bond motifs is 2. The second-order valence-electron chi connectivity index (χ2n) is 8.04. The van der Waals surface area contributed by atoms with Gasteiger partial charge in [-0.25, -0.2) is 0 Å². The Morgan fingerprint density at radius 3 is 2.76 bits per heavy atom. The summed E-state index contributed by atoms with van der Waals surface area (Å²) < 4.78 is 0. The zero-order valence-corrected chi connectivity index (χ0v) is 20.0. The first-order chi connectivity index (χ1) is 16.5. The van der Waals surface area contributed by atoms with Gasteiger partial charge >= 0.3 is 0 Å². The van der Waals surface area contributed by atoms with Crippen molar-refractivity contribution in [3.05, 3.63) is 99.5 Å². The lowest BCUT2D eigenvalue weighted by Crippen LogP contribution is -2.31. The van der Waals surface area contributed by atoms with Crippen LogP contribution < -0.4 is 10.2 Å². The molecule has 0 saturated heterocycles. The molecule has 5 rings (SSSR count). The molecule has 0 fully saturated rings. The van der Waals surface area contributed by atoms with Gasteiger partial charge in [-0.2, -0.15) is 0 Å². The highest BCUT2D eigenvalue weighted by Gasteiger charge is 2.27. The molecule has 0 aliphatic carbocycles. The van der Waals surface area contributed by atoms with Gasteiger partial charge in [0.05, 0.1) is 10.6 Å². The van der Waals surface area contributed by atoms with E-state index in [9.17, 15) is 9.59 Å². The zero-order valence-electron chi connectivity index (χ0n) is 18.5. The van der Waals surface area contributed by atoms with Gasteiger partial charge in [0.1, 0.15) is 0 Å². The molecule has 0 saturated carbocycles. The van der Waals surface area contributed by atoms with E-state index in [1.165, 1.54) is 22.7 Å². The largest absolute Gasteiger partial charge is 0.361 e. The molecule has 7 heteroatoms. The molecular weight excluding hydrogens is 466 g/mol. The second kappa shape index (κ2) is 9.41. The van der Waals surface area contributed by atoms with Crippen LogP contribution in [0.3, 0.4) is 0 Å². The molecule has 0 atom stereocenters. The Morgan fingerprint density at radius 1 is 1.12 bits per heavy atom. The topological polar surface area (TPSA) is 65.2 Å². The van der Waals surface area contributed by atoms with Crippen molar-refractivity contribution in [2.24, 2.45) is 0 Å². The highest BCUT2D eigenvalue weighted by Crippen LogP contribution is 2.42. The number of likely N-dealkylation sites (N-methyl/N-ethyl adjacent to an activating group) is 1. The summed E-state index contributed by atoms with van der Waals surface area (Å²) in [4.78, 5) is 32.1. The van der Waals surface area contributed by atoms with Crippen LogP contribution in [0.25, 0.3) is 17.0 Å². The molecule has 2 heterocycles. The average molecular weight is 488 g/mol. The number of hydrogen-bond donors (Lipinski definition) is 2. The Morgan fingerprint density at radius 2 is 1.91 bits per heavy atom. The third-order valence-electron chi connectivity index (χ3n) is 5.86. The van der Waals surface area contributed by atoms with Crippen molar-refractivity contribution < 1.29 is 9.59 Å². The predicted octanol–water partition coefficient (Wildman–Crippen LogP) is 5.90. The van der Waals surface area contributed by atoms with E-state index in [-0.39, 0.29) is 11.8 Å². The Balaban J connectivity index is 1.30. The number of para-hydroxylation sites is 1. The van der Waals surface area contributed by atoms with E-state index in [4.69, 9.17) is 11.6 Å². The van der Waals surface area contributed by atoms with Crippen LogP contribution in [0.4, 0.5) is 5.69 Å². The number of H-pyrrole nitrogens is 1. The number of hydrogen-bond acceptors (Lipinski definition) is 3. The highest BCUT2D eigenvalue weighted by atomic mass is 35.5. The molecule has 2 N–H and O–H groups in total. The van der Waals surface area contributed by atoms with Crippen molar-refractivity contribution in [1.29, 1.82) is 0 Å². The molecule has 1 aromatic heterocycles. The molecule has 170 valence electrons. The van der Waals surface area contributed by atoms with E-state index in [0.717, 1.165) is 28.1 Å². The van der Waals surface area contributed by atoms with Gasteiger partial charge in [-0.15, -0.1) is 0 Å². The Kier molecular flexibility index (Phi) is 6.18. The van der Waals surface area contributed by atoms with Crippen LogP contribution in [-0.2, 0) is 11.2 Å². The molecule has 0 spiro atoms. The number of benzene rings is 3. The summed E-state index contributed by atoms with van der Waals surface area (Å²) in [5.74, 6) is -0.291. The molecule has 5 nitrogen and oxygen atoms in total. The summed E-state index contributed by atoms with van der Waals surface area (Å²) in [5.41, 5.74) is 4.29. The number of aromatic nitrogens is 1. The quantitative estimate of drug-likeness (QED) is 0.344. The lowest BCUT2D eigenvalue weighted by molar-refractivity contribution is -0.114. The normalized spacial score (nSPS) is 14.5. The number of nitrogens with one attached hydrogen (secondary N) is 2. The van der Waals surface area contributed by atoms with Crippen LogP contribution in [0.1, 0.15) is 21.5 Å². The van der Waals surface area contributed by atoms with Crippen molar-refractivity contribution in [1.82, 2.24) is 10.3 Å². The van der Waals surface area contributed by atoms with Crippen molar-refractivity contribution in [2.45, 2.75) is 11.3 Å². The molecule has 3 aromatic carbocycles. The molecule has 34 heavy (non-hydrogen) atoms. The van der Waals surface area contributed by atoms with E-state index < -0.39 is 0 Å². The zero-order chi connectivity index (χ0) is 23.7. The number of thioether (sulfide) groups is 1. The van der Waals surface area contributed by atoms with Crippen LogP contribution in [0.2, 0.25) is 5.02 Å². The van der Waals surface area contributed by atoms with E-state index in [1.54, 1.807) is 36.2 Å². The van der Waals surface area contributed by atoms with Gasteiger partial charge in [-0.3, -0.25) is 9.59 Å². The van der Waals surface area contributed by atoms with E-state index in [2.05, 4.69) is 16.4 Å². The monoisotopic (exact) mass is 487 g/mol. The fourth-order valence-corrected chi connectivity index (χ4v) is 5.29. The van der Waals surface area contributed by atoms with Crippen molar-refractivity contribution >= 4 is 57.8 Å². The summed E-state index contributed by atoms with van der Waals surface area (Å²) in [5, 5.41) is 4.76. The average Bonchev–Trinajstić information content (AvgIpc) is 3.26. The van der Waals surface area contributed by atoms with Gasteiger partial charge in [0.2, 0.25) is 0 Å². The minimum absolute atomic E-state index is 0.130. The molecule has 0 unspecified atom stereocenters. The van der Waals surface area contributed by atoms with Crippen molar-refractivity contribution in [3.63, 3.8) is 0 Å². The molecule has 2 amide bonds. The first-order valence-corrected chi connectivity index (χ1v) is 12.1. The third kappa shape index (κ3) is 4.34. The number of carbonyl (C=O) groups excluding carboxylic acids is 2. The molecule has 0 bridgehead atoms. The summed E-state index contributed by atoms with van der Waals surface area (Å²) >= 11 is 7.65. The highest BCUT2D eigenvalue weighted by molar-refractivity contribution is 8.04. The van der Waals surface area contributed by atoms with Gasteiger partial charge in [-0.1, -0.05) is 59.8 Å². The smallest absolute Gasteiger partial charge is 0.264 e. The standard InChI is InChI=1S/C27H22ClN3O2S/c1-31-23-14-18(26(32)29-13-12-19-16-30-22-9-5-3-7-20(19)22)10-11-24(23)34-25(27(31)33)15-17-6-2-4-8-21(17)28/h2-11,14-16,30H,12-13H2,1H3,(H,29,32)/b25-15-. The number of aromatic amines is 1. The van der Waals surface area contributed by atoms with Crippen LogP contribution in [0.15, 0.2) is 82.7 Å². The minimum Gasteiger partial charge on any atom is -0.361 e. The van der Waals surface area contributed by atoms with Crippen LogP contribution in [0.5, 0.6) is 0 Å². The van der Waals surface area contributed by atoms with Crippen LogP contribution in [0, 0.1) is 0 Å². The molecule has 4 aromatic rings. The lowest BCUT2D eigenvalue weighted by Gasteiger charge is -2.27. The van der Waals surface area contributed by atoms with Crippen LogP contribution >= 0.6 is 23.4 Å². The Hall–Kier alpha value is -3.48. The summed E-state index contributed by atoms with van der Waals surface area (Å²) in [6.45, 7) is 0.520.